The molecule has 0 bridgehead atoms. The average molecular weight is 225 g/mol. The minimum atomic E-state index is -1.30. The summed E-state index contributed by atoms with van der Waals surface area (Å²) in [7, 11) is 0. The first-order chi connectivity index (χ1) is 7.50. The second-order valence-corrected chi connectivity index (χ2v) is 4.57. The lowest BCUT2D eigenvalue weighted by molar-refractivity contribution is -0.155. The van der Waals surface area contributed by atoms with Gasteiger partial charge in [-0.25, -0.2) is 0 Å². The lowest BCUT2D eigenvalue weighted by atomic mass is 9.84. The van der Waals surface area contributed by atoms with Crippen LogP contribution in [0.4, 0.5) is 0 Å². The molecule has 0 aromatic rings. The highest BCUT2D eigenvalue weighted by molar-refractivity contribution is 6.01. The second-order valence-electron chi connectivity index (χ2n) is 4.57. The molecule has 1 rings (SSSR count). The van der Waals surface area contributed by atoms with Crippen LogP contribution in [0.25, 0.3) is 0 Å². The maximum absolute atomic E-state index is 11.8. The molecular formula is C12H19NO3. The van der Waals surface area contributed by atoms with Gasteiger partial charge >= 0.3 is 5.97 Å². The number of allylic oxidation sites excluding steroid dienone is 1. The van der Waals surface area contributed by atoms with Crippen LogP contribution in [0.3, 0.4) is 0 Å². The van der Waals surface area contributed by atoms with E-state index in [0.29, 0.717) is 12.8 Å². The summed E-state index contributed by atoms with van der Waals surface area (Å²) < 4.78 is 0. The van der Waals surface area contributed by atoms with E-state index in [1.165, 1.54) is 6.92 Å². The first kappa shape index (κ1) is 12.7. The fourth-order valence-electron chi connectivity index (χ4n) is 1.49. The molecule has 1 aliphatic carbocycles. The number of unbranched alkanes of at least 4 members (excludes halogenated alkanes) is 1. The molecule has 16 heavy (non-hydrogen) atoms. The smallest absolute Gasteiger partial charge is 0.318 e. The molecule has 1 aliphatic rings. The quantitative estimate of drug-likeness (QED) is 0.394. The zero-order valence-electron chi connectivity index (χ0n) is 9.66. The largest absolute Gasteiger partial charge is 0.480 e. The van der Waals surface area contributed by atoms with Crippen LogP contribution in [-0.2, 0) is 9.59 Å². The predicted octanol–water partition coefficient (Wildman–Crippen LogP) is 1.71. The van der Waals surface area contributed by atoms with E-state index >= 15 is 0 Å². The van der Waals surface area contributed by atoms with Crippen LogP contribution in [0.15, 0.2) is 12.7 Å². The highest BCUT2D eigenvalue weighted by Crippen LogP contribution is 2.28. The van der Waals surface area contributed by atoms with Gasteiger partial charge in [0.25, 0.3) is 0 Å². The molecule has 1 amide bonds. The maximum Gasteiger partial charge on any atom is 0.318 e. The van der Waals surface area contributed by atoms with E-state index in [-0.39, 0.29) is 11.9 Å². The van der Waals surface area contributed by atoms with Crippen LogP contribution in [0.1, 0.15) is 39.0 Å². The van der Waals surface area contributed by atoms with Crippen molar-refractivity contribution in [1.82, 2.24) is 5.32 Å². The number of carbonyl (C=O) groups excluding carboxylic acids is 1. The molecule has 4 nitrogen and oxygen atoms in total. The molecule has 1 fully saturated rings. The van der Waals surface area contributed by atoms with Crippen molar-refractivity contribution in [1.29, 1.82) is 0 Å². The third-order valence-corrected chi connectivity index (χ3v) is 2.97. The third-order valence-electron chi connectivity index (χ3n) is 2.97. The van der Waals surface area contributed by atoms with Gasteiger partial charge in [0.15, 0.2) is 0 Å². The van der Waals surface area contributed by atoms with E-state index in [2.05, 4.69) is 11.9 Å². The molecule has 1 saturated carbocycles. The topological polar surface area (TPSA) is 66.4 Å². The average Bonchev–Trinajstić information content (AvgIpc) is 3.01. The monoisotopic (exact) mass is 225 g/mol. The zero-order chi connectivity index (χ0) is 12.2. The Morgan fingerprint density at radius 1 is 1.56 bits per heavy atom. The molecule has 1 unspecified atom stereocenters. The number of rotatable bonds is 7. The number of carbonyl (C=O) groups is 2. The Morgan fingerprint density at radius 2 is 2.19 bits per heavy atom. The molecule has 0 heterocycles. The van der Waals surface area contributed by atoms with Gasteiger partial charge in [0.05, 0.1) is 0 Å². The van der Waals surface area contributed by atoms with Crippen molar-refractivity contribution in [2.75, 3.05) is 0 Å². The molecular weight excluding hydrogens is 206 g/mol. The number of carboxylic acid groups (broad SMARTS) is 1. The van der Waals surface area contributed by atoms with Gasteiger partial charge in [0, 0.05) is 6.04 Å². The summed E-state index contributed by atoms with van der Waals surface area (Å²) in [6.45, 7) is 5.08. The Morgan fingerprint density at radius 3 is 2.62 bits per heavy atom. The number of hydrogen-bond donors (Lipinski definition) is 2. The van der Waals surface area contributed by atoms with Gasteiger partial charge in [0.1, 0.15) is 5.41 Å². The van der Waals surface area contributed by atoms with Crippen LogP contribution in [0.2, 0.25) is 0 Å². The van der Waals surface area contributed by atoms with Crippen molar-refractivity contribution in [3.8, 4) is 0 Å². The highest BCUT2D eigenvalue weighted by atomic mass is 16.4. The number of nitrogens with one attached hydrogen (secondary N) is 1. The first-order valence-corrected chi connectivity index (χ1v) is 5.66. The summed E-state index contributed by atoms with van der Waals surface area (Å²) in [5, 5.41) is 11.9. The van der Waals surface area contributed by atoms with E-state index in [1.54, 1.807) is 6.08 Å². The Bertz CT molecular complexity index is 297. The normalized spacial score (nSPS) is 18.6. The highest BCUT2D eigenvalue weighted by Gasteiger charge is 2.42. The van der Waals surface area contributed by atoms with Crippen molar-refractivity contribution >= 4 is 11.9 Å². The van der Waals surface area contributed by atoms with E-state index < -0.39 is 11.4 Å². The van der Waals surface area contributed by atoms with Crippen molar-refractivity contribution in [3.63, 3.8) is 0 Å². The summed E-state index contributed by atoms with van der Waals surface area (Å²) in [5.74, 6) is -1.40. The predicted molar refractivity (Wildman–Crippen MR) is 61.0 cm³/mol. The molecule has 0 aliphatic heterocycles. The van der Waals surface area contributed by atoms with Crippen LogP contribution in [0.5, 0.6) is 0 Å². The Kier molecular flexibility index (Phi) is 4.10. The minimum absolute atomic E-state index is 0.200. The minimum Gasteiger partial charge on any atom is -0.480 e. The van der Waals surface area contributed by atoms with E-state index in [9.17, 15) is 9.59 Å². The number of hydrogen-bond acceptors (Lipinski definition) is 2. The van der Waals surface area contributed by atoms with E-state index in [1.807, 2.05) is 0 Å². The van der Waals surface area contributed by atoms with Crippen molar-refractivity contribution in [2.24, 2.45) is 5.41 Å². The lowest BCUT2D eigenvalue weighted by Crippen LogP contribution is -2.45. The van der Waals surface area contributed by atoms with Crippen molar-refractivity contribution in [3.05, 3.63) is 12.7 Å². The summed E-state index contributed by atoms with van der Waals surface area (Å²) in [6.07, 6.45) is 5.43. The number of carboxylic acids is 1. The summed E-state index contributed by atoms with van der Waals surface area (Å²) in [6, 6.07) is 0.200. The fraction of sp³-hybridized carbons (Fsp3) is 0.667. The van der Waals surface area contributed by atoms with Crippen LogP contribution in [-0.4, -0.2) is 23.0 Å². The van der Waals surface area contributed by atoms with Crippen LogP contribution >= 0.6 is 0 Å². The molecule has 0 aromatic heterocycles. The van der Waals surface area contributed by atoms with Gasteiger partial charge in [-0.1, -0.05) is 6.08 Å². The Hall–Kier alpha value is -1.32. The van der Waals surface area contributed by atoms with Crippen LogP contribution in [0, 0.1) is 5.41 Å². The fourth-order valence-corrected chi connectivity index (χ4v) is 1.49. The van der Waals surface area contributed by atoms with Gasteiger partial charge < -0.3 is 10.4 Å². The molecule has 1 atom stereocenters. The van der Waals surface area contributed by atoms with Gasteiger partial charge in [0.2, 0.25) is 5.91 Å². The molecule has 0 radical (unpaired) electrons. The van der Waals surface area contributed by atoms with E-state index in [0.717, 1.165) is 19.3 Å². The number of amides is 1. The molecule has 2 N–H and O–H groups in total. The van der Waals surface area contributed by atoms with Gasteiger partial charge in [-0.15, -0.1) is 6.58 Å². The first-order valence-electron chi connectivity index (χ1n) is 5.66. The summed E-state index contributed by atoms with van der Waals surface area (Å²) in [4.78, 5) is 23.0. The Balaban J connectivity index is 2.57. The lowest BCUT2D eigenvalue weighted by Gasteiger charge is -2.23. The van der Waals surface area contributed by atoms with E-state index in [4.69, 9.17) is 5.11 Å². The SMILES string of the molecule is C=CCCCC(C)(C(=O)O)C(=O)NC1CC1. The molecule has 0 saturated heterocycles. The molecule has 4 heteroatoms. The summed E-state index contributed by atoms with van der Waals surface area (Å²) >= 11 is 0. The maximum atomic E-state index is 11.8. The van der Waals surface area contributed by atoms with Crippen molar-refractivity contribution in [2.45, 2.75) is 45.1 Å². The Labute approximate surface area is 95.7 Å². The summed E-state index contributed by atoms with van der Waals surface area (Å²) in [5.41, 5.74) is -1.30. The number of aliphatic carboxylic acids is 1. The van der Waals surface area contributed by atoms with Gasteiger partial charge in [-0.3, -0.25) is 9.59 Å². The third kappa shape index (κ3) is 3.08. The molecule has 90 valence electrons. The molecule has 0 aromatic carbocycles. The van der Waals surface area contributed by atoms with Crippen molar-refractivity contribution < 1.29 is 14.7 Å². The van der Waals surface area contributed by atoms with Crippen LogP contribution < -0.4 is 5.32 Å². The van der Waals surface area contributed by atoms with Gasteiger partial charge in [-0.2, -0.15) is 0 Å². The second kappa shape index (κ2) is 5.14. The van der Waals surface area contributed by atoms with Gasteiger partial charge in [-0.05, 0) is 39.0 Å². The zero-order valence-corrected chi connectivity index (χ0v) is 9.66. The standard InChI is InChI=1S/C12H19NO3/c1-3-4-5-8-12(2,11(15)16)10(14)13-9-6-7-9/h3,9H,1,4-8H2,2H3,(H,13,14)(H,15,16). The molecule has 0 spiro atoms.